The quantitative estimate of drug-likeness (QED) is 0.0746. The maximum Gasteiger partial charge on any atom is 0.416 e. The van der Waals surface area contributed by atoms with E-state index in [0.717, 1.165) is 75.3 Å². The maximum absolute atomic E-state index is 13.6. The van der Waals surface area contributed by atoms with Gasteiger partial charge in [-0.15, -0.1) is 0 Å². The Balaban J connectivity index is 1.46. The molecule has 1 aromatic heterocycles. The van der Waals surface area contributed by atoms with Gasteiger partial charge in [0.15, 0.2) is 11.0 Å². The average molecular weight is 692 g/mol. The van der Waals surface area contributed by atoms with Gasteiger partial charge in [0.2, 0.25) is 0 Å². The molecule has 1 fully saturated rings. The van der Waals surface area contributed by atoms with Crippen molar-refractivity contribution in [3.05, 3.63) is 84.1 Å². The number of allylic oxidation sites excluding steroid dienone is 1. The van der Waals surface area contributed by atoms with Crippen LogP contribution in [0.15, 0.2) is 67.2 Å². The summed E-state index contributed by atoms with van der Waals surface area (Å²) in [6.07, 6.45) is 2.61. The summed E-state index contributed by atoms with van der Waals surface area (Å²) < 4.78 is 85.2. The highest BCUT2D eigenvalue weighted by atomic mass is 19.4. The number of likely N-dealkylation sites (N-methyl/N-ethyl adjacent to an activating group) is 1. The molecule has 1 aliphatic rings. The first-order chi connectivity index (χ1) is 23.3. The molecule has 0 radical (unpaired) electrons. The van der Waals surface area contributed by atoms with Crippen molar-refractivity contribution in [3.8, 4) is 0 Å². The van der Waals surface area contributed by atoms with Gasteiger partial charge >= 0.3 is 12.4 Å². The van der Waals surface area contributed by atoms with E-state index in [-0.39, 0.29) is 0 Å². The van der Waals surface area contributed by atoms with Crippen LogP contribution in [-0.4, -0.2) is 53.6 Å². The first kappa shape index (κ1) is 37.7. The number of fused-ring (bicyclic) bond motifs is 1. The fourth-order valence-electron chi connectivity index (χ4n) is 6.11. The van der Waals surface area contributed by atoms with Gasteiger partial charge in [0.25, 0.3) is 5.82 Å². The minimum absolute atomic E-state index is 0.430. The fourth-order valence-corrected chi connectivity index (χ4v) is 6.11. The van der Waals surface area contributed by atoms with Crippen molar-refractivity contribution in [2.45, 2.75) is 78.8 Å². The summed E-state index contributed by atoms with van der Waals surface area (Å²) in [7, 11) is 0. The van der Waals surface area contributed by atoms with Crippen LogP contribution >= 0.6 is 0 Å². The Morgan fingerprint density at radius 2 is 1.47 bits per heavy atom. The second kappa shape index (κ2) is 16.5. The number of unbranched alkanes of at least 4 members (excludes halogenated alkanes) is 2. The second-order valence-corrected chi connectivity index (χ2v) is 12.3. The van der Waals surface area contributed by atoms with E-state index in [1.165, 1.54) is 18.2 Å². The van der Waals surface area contributed by atoms with Crippen LogP contribution in [0.3, 0.4) is 0 Å². The van der Waals surface area contributed by atoms with E-state index in [9.17, 15) is 26.3 Å². The lowest BCUT2D eigenvalue weighted by Crippen LogP contribution is -2.41. The highest BCUT2D eigenvalue weighted by molar-refractivity contribution is 5.75. The third kappa shape index (κ3) is 9.33. The van der Waals surface area contributed by atoms with Crippen molar-refractivity contribution in [1.82, 2.24) is 14.4 Å². The van der Waals surface area contributed by atoms with E-state index < -0.39 is 23.5 Å². The number of aryl methyl sites for hydroxylation is 2. The number of anilines is 2. The van der Waals surface area contributed by atoms with E-state index in [1.807, 2.05) is 54.8 Å². The van der Waals surface area contributed by atoms with Crippen molar-refractivity contribution in [1.29, 1.82) is 0 Å². The lowest BCUT2D eigenvalue weighted by Gasteiger charge is -2.33. The van der Waals surface area contributed by atoms with Crippen LogP contribution in [0, 0.1) is 0 Å². The Morgan fingerprint density at radius 3 is 2.06 bits per heavy atom. The summed E-state index contributed by atoms with van der Waals surface area (Å²) in [5.74, 6) is 0.871. The van der Waals surface area contributed by atoms with Gasteiger partial charge in [0.1, 0.15) is 0 Å². The van der Waals surface area contributed by atoms with E-state index in [2.05, 4.69) is 33.2 Å². The Morgan fingerprint density at radius 1 is 0.857 bits per heavy atom. The van der Waals surface area contributed by atoms with Crippen LogP contribution < -0.4 is 14.8 Å². The van der Waals surface area contributed by atoms with Crippen LogP contribution in [0.1, 0.15) is 70.3 Å². The number of rotatable bonds is 15. The van der Waals surface area contributed by atoms with Crippen molar-refractivity contribution in [2.24, 2.45) is 0 Å². The molecule has 0 aliphatic carbocycles. The molecule has 0 amide bonds. The van der Waals surface area contributed by atoms with Gasteiger partial charge in [-0.2, -0.15) is 26.3 Å². The third-order valence-corrected chi connectivity index (χ3v) is 8.87. The van der Waals surface area contributed by atoms with E-state index >= 15 is 0 Å². The number of aromatic nitrogens is 2. The zero-order valence-corrected chi connectivity index (χ0v) is 29.0. The molecule has 4 rings (SSSR count). The van der Waals surface area contributed by atoms with Gasteiger partial charge < -0.3 is 20.0 Å². The minimum atomic E-state index is -4.43. The summed E-state index contributed by atoms with van der Waals surface area (Å²) in [5, 5.41) is 3.19. The predicted molar refractivity (Wildman–Crippen MR) is 186 cm³/mol. The van der Waals surface area contributed by atoms with Gasteiger partial charge in [-0.3, -0.25) is 0 Å². The zero-order chi connectivity index (χ0) is 35.8. The smallest absolute Gasteiger partial charge is 0.383 e. The molecule has 0 saturated carbocycles. The molecule has 6 nitrogen and oxygen atoms in total. The number of imidazole rings is 1. The van der Waals surface area contributed by atoms with E-state index in [0.29, 0.717) is 48.8 Å². The largest absolute Gasteiger partial charge is 0.416 e. The average Bonchev–Trinajstić information content (AvgIpc) is 3.37. The molecular weight excluding hydrogens is 642 g/mol. The number of hydrogen-bond donors (Lipinski definition) is 1. The molecule has 3 aromatic rings. The standard InChI is InChI=1S/C37H49F6N6/c1-6-10-18-44-31-26-29(36(38,39)40)12-14-32(31)47(8-3)28(5)16-20-45-22-24-46(25-23-45)21-17-35-48(9-4)33-15-13-30(37(41,42)43)27-34(33)49(35)19-11-7-2/h12-17,20-21,26-27,44H,5-11,18-19,22-25H2,1-4H3/q+1/b20-16+. The number of alkyl halides is 6. The first-order valence-electron chi connectivity index (χ1n) is 17.2. The van der Waals surface area contributed by atoms with Crippen molar-refractivity contribution in [3.63, 3.8) is 0 Å². The lowest BCUT2D eigenvalue weighted by molar-refractivity contribution is -0.670. The van der Waals surface area contributed by atoms with Gasteiger partial charge in [-0.05, 0) is 63.1 Å². The summed E-state index contributed by atoms with van der Waals surface area (Å²) in [6.45, 7) is 17.6. The second-order valence-electron chi connectivity index (χ2n) is 12.3. The predicted octanol–water partition coefficient (Wildman–Crippen LogP) is 9.14. The summed E-state index contributed by atoms with van der Waals surface area (Å²) >= 11 is 0. The third-order valence-electron chi connectivity index (χ3n) is 8.87. The molecule has 0 bridgehead atoms. The zero-order valence-electron chi connectivity index (χ0n) is 29.0. The molecule has 268 valence electrons. The number of nitrogens with one attached hydrogen (secondary N) is 1. The highest BCUT2D eigenvalue weighted by Crippen LogP contribution is 2.37. The van der Waals surface area contributed by atoms with Crippen molar-refractivity contribution >= 4 is 28.5 Å². The maximum atomic E-state index is 13.6. The molecule has 2 aromatic carbocycles. The van der Waals surface area contributed by atoms with Crippen molar-refractivity contribution in [2.75, 3.05) is 49.5 Å². The molecule has 1 N–H and O–H groups in total. The Bertz CT molecular complexity index is 1610. The summed E-state index contributed by atoms with van der Waals surface area (Å²) in [4.78, 5) is 6.29. The number of benzene rings is 2. The van der Waals surface area contributed by atoms with Crippen LogP contribution in [0.5, 0.6) is 0 Å². The monoisotopic (exact) mass is 691 g/mol. The van der Waals surface area contributed by atoms with Crippen LogP contribution in [-0.2, 0) is 25.4 Å². The van der Waals surface area contributed by atoms with Gasteiger partial charge in [0.05, 0.1) is 35.6 Å². The fraction of sp³-hybridized carbons (Fsp3) is 0.486. The molecule has 1 aliphatic heterocycles. The van der Waals surface area contributed by atoms with E-state index in [1.54, 1.807) is 6.07 Å². The molecule has 0 atom stereocenters. The molecule has 0 unspecified atom stereocenters. The van der Waals surface area contributed by atoms with Gasteiger partial charge in [0, 0.05) is 69.5 Å². The van der Waals surface area contributed by atoms with Crippen LogP contribution in [0.4, 0.5) is 37.7 Å². The minimum Gasteiger partial charge on any atom is -0.383 e. The molecule has 2 heterocycles. The number of halogens is 6. The van der Waals surface area contributed by atoms with Crippen LogP contribution in [0.25, 0.3) is 17.1 Å². The SMILES string of the molecule is C=C(/C=C/N1CCN(/C=C/c2n(CCCC)c3cc(C(F)(F)F)ccc3[n+]2CC)CC1)N(CC)c1ccc(C(F)(F)F)cc1NCCCC. The number of nitrogens with zero attached hydrogens (tertiary/aromatic N) is 5. The molecule has 49 heavy (non-hydrogen) atoms. The highest BCUT2D eigenvalue weighted by Gasteiger charge is 2.34. The molecule has 1 saturated heterocycles. The van der Waals surface area contributed by atoms with Crippen LogP contribution in [0.2, 0.25) is 0 Å². The normalized spacial score (nSPS) is 14.5. The van der Waals surface area contributed by atoms with Gasteiger partial charge in [-0.25, -0.2) is 9.13 Å². The van der Waals surface area contributed by atoms with Gasteiger partial charge in [-0.1, -0.05) is 33.3 Å². The van der Waals surface area contributed by atoms with E-state index in [4.69, 9.17) is 0 Å². The number of piperazine rings is 1. The summed E-state index contributed by atoms with van der Waals surface area (Å²) in [6, 6.07) is 7.76. The molecule has 12 heteroatoms. The lowest BCUT2D eigenvalue weighted by atomic mass is 10.1. The Hall–Kier alpha value is -4.09. The van der Waals surface area contributed by atoms with Crippen molar-refractivity contribution < 1.29 is 30.9 Å². The summed E-state index contributed by atoms with van der Waals surface area (Å²) in [5.41, 5.74) is 1.77. The molecular formula is C37H49F6N6+. The Labute approximate surface area is 286 Å². The number of hydrogen-bond acceptors (Lipinski definition) is 4. The Kier molecular flexibility index (Phi) is 12.7. The molecule has 0 spiro atoms. The first-order valence-corrected chi connectivity index (χ1v) is 17.2. The topological polar surface area (TPSA) is 30.6 Å².